The summed E-state index contributed by atoms with van der Waals surface area (Å²) in [6.07, 6.45) is 4.10. The number of aromatic nitrogens is 5. The second kappa shape index (κ2) is 5.43. The molecule has 2 aromatic rings. The van der Waals surface area contributed by atoms with Crippen molar-refractivity contribution in [1.82, 2.24) is 29.9 Å². The van der Waals surface area contributed by atoms with E-state index in [1.54, 1.807) is 18.1 Å². The lowest BCUT2D eigenvalue weighted by Crippen LogP contribution is -2.31. The van der Waals surface area contributed by atoms with Gasteiger partial charge < -0.3 is 9.64 Å². The van der Waals surface area contributed by atoms with Gasteiger partial charge in [0.1, 0.15) is 6.10 Å². The highest BCUT2D eigenvalue weighted by molar-refractivity contribution is 5.92. The minimum atomic E-state index is -0.520. The first-order valence-corrected chi connectivity index (χ1v) is 6.41. The van der Waals surface area contributed by atoms with Crippen LogP contribution in [0.25, 0.3) is 0 Å². The Morgan fingerprint density at radius 3 is 2.86 bits per heavy atom. The van der Waals surface area contributed by atoms with Crippen molar-refractivity contribution in [2.45, 2.75) is 12.5 Å². The quantitative estimate of drug-likeness (QED) is 0.794. The fraction of sp³-hybridized carbons (Fsp3) is 0.417. The summed E-state index contributed by atoms with van der Waals surface area (Å²) in [7, 11) is 1.70. The predicted octanol–water partition coefficient (Wildman–Crippen LogP) is 0.0377. The molecule has 3 rings (SSSR count). The van der Waals surface area contributed by atoms with Gasteiger partial charge in [0.05, 0.1) is 25.1 Å². The molecule has 0 saturated carbocycles. The SMILES string of the molecule is Cn1cc(C(=O)N2CC[C@H](Oc3ncc(F)cn3)C2)nn1. The van der Waals surface area contributed by atoms with Gasteiger partial charge in [0.2, 0.25) is 0 Å². The number of carbonyl (C=O) groups is 1. The molecule has 0 radical (unpaired) electrons. The minimum absolute atomic E-state index is 0.107. The van der Waals surface area contributed by atoms with Crippen molar-refractivity contribution in [3.63, 3.8) is 0 Å². The van der Waals surface area contributed by atoms with E-state index >= 15 is 0 Å². The monoisotopic (exact) mass is 292 g/mol. The third-order valence-corrected chi connectivity index (χ3v) is 3.12. The van der Waals surface area contributed by atoms with E-state index in [1.807, 2.05) is 0 Å². The Balaban J connectivity index is 1.60. The standard InChI is InChI=1S/C12H13FN6O2/c1-18-7-10(16-17-18)11(20)19-3-2-9(6-19)21-12-14-4-8(13)5-15-12/h4-5,7,9H,2-3,6H2,1H3/t9-/m0/s1. The second-order valence-electron chi connectivity index (χ2n) is 4.74. The van der Waals surface area contributed by atoms with Crippen LogP contribution in [-0.4, -0.2) is 55.0 Å². The van der Waals surface area contributed by atoms with Crippen molar-refractivity contribution in [2.75, 3.05) is 13.1 Å². The molecule has 8 nitrogen and oxygen atoms in total. The van der Waals surface area contributed by atoms with Gasteiger partial charge in [0.25, 0.3) is 5.91 Å². The molecule has 1 aliphatic heterocycles. The van der Waals surface area contributed by atoms with E-state index in [-0.39, 0.29) is 18.0 Å². The number of carbonyl (C=O) groups excluding carboxylic acids is 1. The van der Waals surface area contributed by atoms with Gasteiger partial charge in [0.15, 0.2) is 11.5 Å². The van der Waals surface area contributed by atoms with Crippen LogP contribution >= 0.6 is 0 Å². The number of halogens is 1. The summed E-state index contributed by atoms with van der Waals surface area (Å²) in [6.45, 7) is 0.970. The maximum Gasteiger partial charge on any atom is 0.316 e. The van der Waals surface area contributed by atoms with Gasteiger partial charge >= 0.3 is 6.01 Å². The van der Waals surface area contributed by atoms with Gasteiger partial charge in [-0.15, -0.1) is 5.10 Å². The Hall–Kier alpha value is -2.58. The van der Waals surface area contributed by atoms with Gasteiger partial charge in [-0.2, -0.15) is 0 Å². The molecule has 0 bridgehead atoms. The number of hydrogen-bond donors (Lipinski definition) is 0. The third kappa shape index (κ3) is 2.96. The molecule has 0 aromatic carbocycles. The molecule has 0 N–H and O–H groups in total. The molecule has 1 atom stereocenters. The van der Waals surface area contributed by atoms with Crippen LogP contribution in [0, 0.1) is 5.82 Å². The summed E-state index contributed by atoms with van der Waals surface area (Å²) in [5.74, 6) is -0.706. The van der Waals surface area contributed by atoms with E-state index in [0.29, 0.717) is 25.2 Å². The second-order valence-corrected chi connectivity index (χ2v) is 4.74. The van der Waals surface area contributed by atoms with Crippen LogP contribution in [0.2, 0.25) is 0 Å². The summed E-state index contributed by atoms with van der Waals surface area (Å²) in [5, 5.41) is 7.53. The maximum absolute atomic E-state index is 12.7. The molecular weight excluding hydrogens is 279 g/mol. The van der Waals surface area contributed by atoms with Gasteiger partial charge in [0, 0.05) is 20.0 Å². The Kier molecular flexibility index (Phi) is 3.46. The summed E-state index contributed by atoms with van der Waals surface area (Å²) in [4.78, 5) is 21.3. The largest absolute Gasteiger partial charge is 0.458 e. The number of rotatable bonds is 3. The highest BCUT2D eigenvalue weighted by Crippen LogP contribution is 2.16. The Morgan fingerprint density at radius 2 is 2.19 bits per heavy atom. The molecule has 21 heavy (non-hydrogen) atoms. The molecule has 1 saturated heterocycles. The van der Waals surface area contributed by atoms with E-state index in [4.69, 9.17) is 4.74 Å². The fourth-order valence-electron chi connectivity index (χ4n) is 2.13. The van der Waals surface area contributed by atoms with Crippen LogP contribution in [0.5, 0.6) is 6.01 Å². The normalized spacial score (nSPS) is 18.0. The first-order chi connectivity index (χ1) is 10.1. The van der Waals surface area contributed by atoms with E-state index in [2.05, 4.69) is 20.3 Å². The minimum Gasteiger partial charge on any atom is -0.458 e. The zero-order valence-electron chi connectivity index (χ0n) is 11.3. The topological polar surface area (TPSA) is 86.0 Å². The van der Waals surface area contributed by atoms with Crippen molar-refractivity contribution in [2.24, 2.45) is 7.05 Å². The Labute approximate surface area is 119 Å². The number of hydrogen-bond acceptors (Lipinski definition) is 6. The molecule has 0 aliphatic carbocycles. The lowest BCUT2D eigenvalue weighted by atomic mass is 10.3. The molecule has 3 heterocycles. The van der Waals surface area contributed by atoms with E-state index in [9.17, 15) is 9.18 Å². The van der Waals surface area contributed by atoms with Gasteiger partial charge in [-0.1, -0.05) is 5.21 Å². The molecule has 1 aliphatic rings. The average molecular weight is 292 g/mol. The first-order valence-electron chi connectivity index (χ1n) is 6.41. The average Bonchev–Trinajstić information content (AvgIpc) is 3.10. The zero-order chi connectivity index (χ0) is 14.8. The van der Waals surface area contributed by atoms with Crippen LogP contribution in [0.3, 0.4) is 0 Å². The molecule has 110 valence electrons. The molecule has 0 spiro atoms. The van der Waals surface area contributed by atoms with Gasteiger partial charge in [-0.25, -0.2) is 14.4 Å². The maximum atomic E-state index is 12.7. The highest BCUT2D eigenvalue weighted by atomic mass is 19.1. The van der Waals surface area contributed by atoms with Crippen molar-refractivity contribution in [1.29, 1.82) is 0 Å². The summed E-state index contributed by atoms with van der Waals surface area (Å²) >= 11 is 0. The highest BCUT2D eigenvalue weighted by Gasteiger charge is 2.30. The zero-order valence-corrected chi connectivity index (χ0v) is 11.3. The molecule has 0 unspecified atom stereocenters. The van der Waals surface area contributed by atoms with E-state index in [1.165, 1.54) is 4.68 Å². The van der Waals surface area contributed by atoms with Crippen molar-refractivity contribution < 1.29 is 13.9 Å². The number of amides is 1. The van der Waals surface area contributed by atoms with Crippen molar-refractivity contribution in [3.8, 4) is 6.01 Å². The lowest BCUT2D eigenvalue weighted by Gasteiger charge is -2.15. The molecule has 2 aromatic heterocycles. The Morgan fingerprint density at radius 1 is 1.43 bits per heavy atom. The van der Waals surface area contributed by atoms with Crippen LogP contribution in [0.15, 0.2) is 18.6 Å². The predicted molar refractivity (Wildman–Crippen MR) is 67.9 cm³/mol. The number of nitrogens with zero attached hydrogens (tertiary/aromatic N) is 6. The third-order valence-electron chi connectivity index (χ3n) is 3.12. The van der Waals surface area contributed by atoms with Crippen molar-refractivity contribution in [3.05, 3.63) is 30.1 Å². The van der Waals surface area contributed by atoms with Crippen LogP contribution in [0.4, 0.5) is 4.39 Å². The van der Waals surface area contributed by atoms with Crippen molar-refractivity contribution >= 4 is 5.91 Å². The van der Waals surface area contributed by atoms with E-state index < -0.39 is 5.82 Å². The fourth-order valence-corrected chi connectivity index (χ4v) is 2.13. The summed E-state index contributed by atoms with van der Waals surface area (Å²) < 4.78 is 19.7. The molecule has 9 heteroatoms. The first kappa shape index (κ1) is 13.4. The smallest absolute Gasteiger partial charge is 0.316 e. The van der Waals surface area contributed by atoms with Crippen LogP contribution in [0.1, 0.15) is 16.9 Å². The molecule has 1 amide bonds. The van der Waals surface area contributed by atoms with Crippen LogP contribution < -0.4 is 4.74 Å². The lowest BCUT2D eigenvalue weighted by molar-refractivity contribution is 0.0763. The number of likely N-dealkylation sites (tertiary alicyclic amines) is 1. The summed E-state index contributed by atoms with van der Waals surface area (Å²) in [6, 6.07) is 0.107. The molecular formula is C12H13FN6O2. The van der Waals surface area contributed by atoms with E-state index in [0.717, 1.165) is 12.4 Å². The van der Waals surface area contributed by atoms with Gasteiger partial charge in [-0.3, -0.25) is 9.48 Å². The number of ether oxygens (including phenoxy) is 1. The van der Waals surface area contributed by atoms with Gasteiger partial charge in [-0.05, 0) is 0 Å². The molecule has 1 fully saturated rings. The number of aryl methyl sites for hydroxylation is 1. The van der Waals surface area contributed by atoms with Crippen LogP contribution in [-0.2, 0) is 7.05 Å². The summed E-state index contributed by atoms with van der Waals surface area (Å²) in [5.41, 5.74) is 0.302. The Bertz CT molecular complexity index is 643.